The number of halogens is 2. The lowest BCUT2D eigenvalue weighted by atomic mass is 10.0. The number of aryl methyl sites for hydroxylation is 2. The van der Waals surface area contributed by atoms with Gasteiger partial charge in [-0.25, -0.2) is 4.68 Å². The molecule has 0 bridgehead atoms. The van der Waals surface area contributed by atoms with Gasteiger partial charge < -0.3 is 37.6 Å². The van der Waals surface area contributed by atoms with E-state index in [4.69, 9.17) is 51.6 Å². The Kier molecular flexibility index (Phi) is 17.5. The Bertz CT molecular complexity index is 3310. The first kappa shape index (κ1) is 53.8. The van der Waals surface area contributed by atoms with Crippen molar-refractivity contribution in [3.8, 4) is 34.4 Å². The van der Waals surface area contributed by atoms with Gasteiger partial charge in [-0.05, 0) is 126 Å². The lowest BCUT2D eigenvalue weighted by Crippen LogP contribution is -2.15. The summed E-state index contributed by atoms with van der Waals surface area (Å²) in [7, 11) is 6.60. The van der Waals surface area contributed by atoms with E-state index >= 15 is 0 Å². The standard InChI is InChI=1S/2C27H28ClN5O4S/c1-4-37-25(34)16-24-29-30-31-33(24)14-12-23-21-8-6-13-32(21)20-11-10-17(28)15-19(20)27(38-23)18-7-5-9-22(35-2)26(18)36-3;1-4-37-25(34)16-24-29-31-33(30-24)14-12-23-21-8-6-13-32(21)20-11-10-17(28)15-19(20)27(38-23)18-7-5-9-22(35-2)26(18)36-3/h2*5-11,13,15,23,27H,4,12,14,16H2,1-3H3/t2*23-,27-/m11/s1. The van der Waals surface area contributed by atoms with Crippen molar-refractivity contribution in [1.82, 2.24) is 49.5 Å². The van der Waals surface area contributed by atoms with Crippen molar-refractivity contribution in [1.29, 1.82) is 0 Å². The van der Waals surface area contributed by atoms with Crippen LogP contribution < -0.4 is 18.9 Å². The quantitative estimate of drug-likeness (QED) is 0.0738. The highest BCUT2D eigenvalue weighted by Crippen LogP contribution is 2.56. The number of thioether (sulfide) groups is 2. The van der Waals surface area contributed by atoms with E-state index in [1.54, 1.807) is 51.8 Å². The predicted octanol–water partition coefficient (Wildman–Crippen LogP) is 10.4. The smallest absolute Gasteiger partial charge is 0.313 e. The maximum Gasteiger partial charge on any atom is 0.313 e. The van der Waals surface area contributed by atoms with Gasteiger partial charge in [-0.15, -0.1) is 38.8 Å². The minimum atomic E-state index is -0.365. The van der Waals surface area contributed by atoms with E-state index in [1.807, 2.05) is 72.1 Å². The van der Waals surface area contributed by atoms with E-state index in [0.717, 1.165) is 57.9 Å². The zero-order valence-corrected chi connectivity index (χ0v) is 45.8. The van der Waals surface area contributed by atoms with Crippen LogP contribution in [-0.2, 0) is 45.0 Å². The molecule has 2 aliphatic rings. The molecular formula is C54H56Cl2N10O8S2. The molecule has 0 saturated carbocycles. The van der Waals surface area contributed by atoms with Crippen molar-refractivity contribution < 1.29 is 38.0 Å². The van der Waals surface area contributed by atoms with E-state index < -0.39 is 0 Å². The van der Waals surface area contributed by atoms with Crippen molar-refractivity contribution in [3.05, 3.63) is 165 Å². The molecule has 10 rings (SSSR count). The molecule has 4 aromatic carbocycles. The van der Waals surface area contributed by atoms with Gasteiger partial charge in [-0.2, -0.15) is 4.80 Å². The number of carbonyl (C=O) groups is 2. The number of esters is 2. The number of methoxy groups -OCH3 is 4. The molecule has 4 atom stereocenters. The molecule has 0 fully saturated rings. The van der Waals surface area contributed by atoms with Crippen molar-refractivity contribution in [2.24, 2.45) is 0 Å². The van der Waals surface area contributed by atoms with Gasteiger partial charge in [0.2, 0.25) is 0 Å². The zero-order valence-electron chi connectivity index (χ0n) is 42.7. The Morgan fingerprint density at radius 3 is 1.63 bits per heavy atom. The molecule has 76 heavy (non-hydrogen) atoms. The Balaban J connectivity index is 0.000000186. The highest BCUT2D eigenvalue weighted by Gasteiger charge is 2.35. The number of benzene rings is 4. The van der Waals surface area contributed by atoms with E-state index in [1.165, 1.54) is 0 Å². The molecular weight excluding hydrogens is 1050 g/mol. The number of aromatic nitrogens is 10. The van der Waals surface area contributed by atoms with Gasteiger partial charge in [0, 0.05) is 62.0 Å². The summed E-state index contributed by atoms with van der Waals surface area (Å²) in [6, 6.07) is 32.3. The number of para-hydroxylation sites is 2. The van der Waals surface area contributed by atoms with Gasteiger partial charge in [0.1, 0.15) is 12.8 Å². The minimum Gasteiger partial charge on any atom is -0.493 e. The topological polar surface area (TPSA) is 187 Å². The fraction of sp³-hybridized carbons (Fsp3) is 0.333. The Morgan fingerprint density at radius 1 is 0.592 bits per heavy atom. The van der Waals surface area contributed by atoms with Crippen LogP contribution in [0.3, 0.4) is 0 Å². The molecule has 4 aromatic heterocycles. The first-order valence-corrected chi connectivity index (χ1v) is 27.2. The molecule has 0 N–H and O–H groups in total. The van der Waals surface area contributed by atoms with Crippen LogP contribution in [0.25, 0.3) is 11.4 Å². The average molecular weight is 1110 g/mol. The summed E-state index contributed by atoms with van der Waals surface area (Å²) in [6.45, 7) is 5.23. The van der Waals surface area contributed by atoms with Crippen LogP contribution in [0.2, 0.25) is 10.0 Å². The van der Waals surface area contributed by atoms with Crippen LogP contribution in [0, 0.1) is 0 Å². The van der Waals surface area contributed by atoms with Crippen LogP contribution >= 0.6 is 46.7 Å². The lowest BCUT2D eigenvalue weighted by Gasteiger charge is -2.24. The summed E-state index contributed by atoms with van der Waals surface area (Å²) in [5, 5.41) is 25.9. The van der Waals surface area contributed by atoms with Crippen LogP contribution in [-0.4, -0.2) is 103 Å². The monoisotopic (exact) mass is 1110 g/mol. The van der Waals surface area contributed by atoms with E-state index in [0.29, 0.717) is 71.0 Å². The van der Waals surface area contributed by atoms with Gasteiger partial charge in [0.25, 0.3) is 0 Å². The molecule has 22 heteroatoms. The second kappa shape index (κ2) is 24.8. The van der Waals surface area contributed by atoms with Crippen molar-refractivity contribution >= 4 is 58.7 Å². The zero-order chi connectivity index (χ0) is 53.3. The first-order chi connectivity index (χ1) is 37.0. The number of carbonyl (C=O) groups excluding carboxylic acids is 2. The fourth-order valence-corrected chi connectivity index (χ4v) is 13.0. The van der Waals surface area contributed by atoms with Gasteiger partial charge in [-0.3, -0.25) is 9.59 Å². The molecule has 0 unspecified atom stereocenters. The summed E-state index contributed by atoms with van der Waals surface area (Å²) in [5.74, 6) is 2.86. The number of nitrogens with zero attached hydrogens (tertiary/aromatic N) is 10. The van der Waals surface area contributed by atoms with Crippen molar-refractivity contribution in [2.75, 3.05) is 41.7 Å². The summed E-state index contributed by atoms with van der Waals surface area (Å²) in [6.07, 6.45) is 5.63. The molecule has 0 saturated heterocycles. The molecule has 18 nitrogen and oxygen atoms in total. The number of hydrogen-bond donors (Lipinski definition) is 0. The summed E-state index contributed by atoms with van der Waals surface area (Å²) in [4.78, 5) is 25.4. The maximum atomic E-state index is 12.0. The summed E-state index contributed by atoms with van der Waals surface area (Å²) in [5.41, 5.74) is 8.62. The summed E-state index contributed by atoms with van der Waals surface area (Å²) >= 11 is 16.7. The molecule has 396 valence electrons. The summed E-state index contributed by atoms with van der Waals surface area (Å²) < 4.78 is 39.1. The second-order valence-electron chi connectivity index (χ2n) is 17.3. The molecule has 8 aromatic rings. The van der Waals surface area contributed by atoms with Gasteiger partial charge in [0.15, 0.2) is 34.6 Å². The Hall–Kier alpha value is -7.00. The van der Waals surface area contributed by atoms with E-state index in [9.17, 15) is 9.59 Å². The molecule has 0 spiro atoms. The Morgan fingerprint density at radius 2 is 1.12 bits per heavy atom. The molecule has 0 radical (unpaired) electrons. The van der Waals surface area contributed by atoms with E-state index in [2.05, 4.69) is 101 Å². The first-order valence-electron chi connectivity index (χ1n) is 24.6. The average Bonchev–Trinajstić information content (AvgIpc) is 4.29. The van der Waals surface area contributed by atoms with Crippen LogP contribution in [0.5, 0.6) is 23.0 Å². The third kappa shape index (κ3) is 11.7. The predicted molar refractivity (Wildman–Crippen MR) is 291 cm³/mol. The number of rotatable bonds is 18. The largest absolute Gasteiger partial charge is 0.493 e. The van der Waals surface area contributed by atoms with Crippen LogP contribution in [0.1, 0.15) is 93.0 Å². The van der Waals surface area contributed by atoms with E-state index in [-0.39, 0.29) is 45.8 Å². The normalized spacial score (nSPS) is 16.3. The van der Waals surface area contributed by atoms with Crippen LogP contribution in [0.15, 0.2) is 109 Å². The molecule has 2 aliphatic heterocycles. The minimum absolute atomic E-state index is 0.00263. The van der Waals surface area contributed by atoms with Crippen LogP contribution in [0.4, 0.5) is 0 Å². The second-order valence-corrected chi connectivity index (χ2v) is 20.8. The highest BCUT2D eigenvalue weighted by molar-refractivity contribution is 8.00. The van der Waals surface area contributed by atoms with Crippen molar-refractivity contribution in [3.63, 3.8) is 0 Å². The van der Waals surface area contributed by atoms with Gasteiger partial charge in [-0.1, -0.05) is 47.5 Å². The third-order valence-electron chi connectivity index (χ3n) is 12.8. The number of hydrogen-bond acceptors (Lipinski definition) is 16. The number of ether oxygens (including phenoxy) is 6. The molecule has 0 aliphatic carbocycles. The molecule has 6 heterocycles. The fourth-order valence-electron chi connectivity index (χ4n) is 9.55. The highest BCUT2D eigenvalue weighted by atomic mass is 35.5. The number of tetrazole rings is 2. The van der Waals surface area contributed by atoms with Crippen molar-refractivity contribution in [2.45, 2.75) is 73.6 Å². The van der Waals surface area contributed by atoms with Gasteiger partial charge >= 0.3 is 11.9 Å². The van der Waals surface area contributed by atoms with Gasteiger partial charge in [0.05, 0.1) is 70.1 Å². The molecule has 0 amide bonds. The number of fused-ring (bicyclic) bond motifs is 6. The third-order valence-corrected chi connectivity index (χ3v) is 16.5. The lowest BCUT2D eigenvalue weighted by molar-refractivity contribution is -0.143. The Labute approximate surface area is 458 Å². The SMILES string of the molecule is CCOC(=O)Cc1nnn(CC[C@H]2S[C@H](c3cccc(OC)c3OC)c3cc(Cl)ccc3-n3cccc32)n1.CCOC(=O)Cc1nnnn1CC[C@H]1S[C@H](c2cccc(OC)c2OC)c2cc(Cl)ccc2-n2cccc21. The maximum absolute atomic E-state index is 12.0.